The molecular formula is C21H26N2O2. The lowest BCUT2D eigenvalue weighted by Gasteiger charge is -2.19. The summed E-state index contributed by atoms with van der Waals surface area (Å²) >= 11 is 0. The van der Waals surface area contributed by atoms with Crippen molar-refractivity contribution in [3.63, 3.8) is 0 Å². The first-order valence-electron chi connectivity index (χ1n) is 8.52. The van der Waals surface area contributed by atoms with E-state index in [2.05, 4.69) is 43.5 Å². The van der Waals surface area contributed by atoms with E-state index in [4.69, 9.17) is 0 Å². The van der Waals surface area contributed by atoms with Gasteiger partial charge in [-0.05, 0) is 43.0 Å². The Hall–Kier alpha value is -2.62. The molecule has 0 bridgehead atoms. The van der Waals surface area contributed by atoms with Crippen molar-refractivity contribution in [3.05, 3.63) is 70.3 Å². The predicted octanol–water partition coefficient (Wildman–Crippen LogP) is 3.50. The summed E-state index contributed by atoms with van der Waals surface area (Å²) in [7, 11) is 0. The van der Waals surface area contributed by atoms with Gasteiger partial charge in [-0.1, -0.05) is 48.0 Å². The Kier molecular flexibility index (Phi) is 6.34. The van der Waals surface area contributed by atoms with Gasteiger partial charge in [0.2, 0.25) is 11.8 Å². The molecule has 0 aliphatic heterocycles. The second-order valence-electron chi connectivity index (χ2n) is 6.52. The summed E-state index contributed by atoms with van der Waals surface area (Å²) < 4.78 is 0. The monoisotopic (exact) mass is 338 g/mol. The Labute approximate surface area is 149 Å². The number of hydrogen-bond acceptors (Lipinski definition) is 2. The lowest BCUT2D eigenvalue weighted by Crippen LogP contribution is -2.32. The van der Waals surface area contributed by atoms with Crippen molar-refractivity contribution in [2.75, 3.05) is 0 Å². The molecule has 132 valence electrons. The average molecular weight is 338 g/mol. The molecule has 0 radical (unpaired) electrons. The molecule has 0 heterocycles. The van der Waals surface area contributed by atoms with Gasteiger partial charge >= 0.3 is 0 Å². The molecule has 1 atom stereocenters. The molecule has 25 heavy (non-hydrogen) atoms. The SMILES string of the molecule is CC(=O)NC(CC(=O)NCc1c(C)cc(C)cc1C)c1ccccc1. The quantitative estimate of drug-likeness (QED) is 0.847. The van der Waals surface area contributed by atoms with Gasteiger partial charge in [-0.2, -0.15) is 0 Å². The molecule has 4 heteroatoms. The fraction of sp³-hybridized carbons (Fsp3) is 0.333. The van der Waals surface area contributed by atoms with Crippen LogP contribution in [0, 0.1) is 20.8 Å². The second kappa shape index (κ2) is 8.47. The topological polar surface area (TPSA) is 58.2 Å². The van der Waals surface area contributed by atoms with Crippen LogP contribution in [-0.2, 0) is 16.1 Å². The fourth-order valence-electron chi connectivity index (χ4n) is 3.12. The van der Waals surface area contributed by atoms with Crippen molar-refractivity contribution in [2.45, 2.75) is 46.7 Å². The number of aryl methyl sites for hydroxylation is 3. The molecule has 0 aliphatic carbocycles. The highest BCUT2D eigenvalue weighted by Crippen LogP contribution is 2.18. The van der Waals surface area contributed by atoms with Crippen LogP contribution in [0.2, 0.25) is 0 Å². The Morgan fingerprint density at radius 1 is 1.00 bits per heavy atom. The number of nitrogens with one attached hydrogen (secondary N) is 2. The van der Waals surface area contributed by atoms with Gasteiger partial charge in [0.1, 0.15) is 0 Å². The molecule has 0 fully saturated rings. The summed E-state index contributed by atoms with van der Waals surface area (Å²) in [5.74, 6) is -0.228. The van der Waals surface area contributed by atoms with Crippen LogP contribution in [0.1, 0.15) is 47.2 Å². The molecule has 0 saturated heterocycles. The van der Waals surface area contributed by atoms with Crippen molar-refractivity contribution in [1.82, 2.24) is 10.6 Å². The van der Waals surface area contributed by atoms with Crippen LogP contribution in [0.4, 0.5) is 0 Å². The fourth-order valence-corrected chi connectivity index (χ4v) is 3.12. The summed E-state index contributed by atoms with van der Waals surface area (Å²) in [4.78, 5) is 23.9. The molecule has 4 nitrogen and oxygen atoms in total. The molecule has 2 N–H and O–H groups in total. The van der Waals surface area contributed by atoms with Gasteiger partial charge < -0.3 is 10.6 Å². The summed E-state index contributed by atoms with van der Waals surface area (Å²) in [6, 6.07) is 13.5. The smallest absolute Gasteiger partial charge is 0.222 e. The normalized spacial score (nSPS) is 11.7. The Morgan fingerprint density at radius 2 is 1.60 bits per heavy atom. The summed E-state index contributed by atoms with van der Waals surface area (Å²) in [5.41, 5.74) is 5.66. The van der Waals surface area contributed by atoms with Crippen molar-refractivity contribution in [3.8, 4) is 0 Å². The molecule has 2 amide bonds. The average Bonchev–Trinajstić information content (AvgIpc) is 2.53. The van der Waals surface area contributed by atoms with Gasteiger partial charge in [0.25, 0.3) is 0 Å². The molecule has 0 saturated carbocycles. The van der Waals surface area contributed by atoms with Crippen molar-refractivity contribution in [2.24, 2.45) is 0 Å². The first kappa shape index (κ1) is 18.7. The van der Waals surface area contributed by atoms with Crippen molar-refractivity contribution >= 4 is 11.8 Å². The predicted molar refractivity (Wildman–Crippen MR) is 100 cm³/mol. The third-order valence-electron chi connectivity index (χ3n) is 4.27. The minimum absolute atomic E-state index is 0.0815. The highest BCUT2D eigenvalue weighted by atomic mass is 16.2. The maximum atomic E-state index is 12.4. The number of carbonyl (C=O) groups excluding carboxylic acids is 2. The van der Waals surface area contributed by atoms with Crippen molar-refractivity contribution < 1.29 is 9.59 Å². The zero-order valence-corrected chi connectivity index (χ0v) is 15.3. The van der Waals surface area contributed by atoms with E-state index in [0.29, 0.717) is 6.54 Å². The van der Waals surface area contributed by atoms with E-state index in [1.807, 2.05) is 30.3 Å². The highest BCUT2D eigenvalue weighted by Gasteiger charge is 2.17. The van der Waals surface area contributed by atoms with Crippen molar-refractivity contribution in [1.29, 1.82) is 0 Å². The van der Waals surface area contributed by atoms with Crippen LogP contribution >= 0.6 is 0 Å². The maximum Gasteiger partial charge on any atom is 0.222 e. The van der Waals surface area contributed by atoms with Crippen LogP contribution in [0.3, 0.4) is 0 Å². The second-order valence-corrected chi connectivity index (χ2v) is 6.52. The van der Waals surface area contributed by atoms with E-state index in [-0.39, 0.29) is 24.3 Å². The molecule has 0 aliphatic rings. The number of benzene rings is 2. The van der Waals surface area contributed by atoms with Gasteiger partial charge in [0, 0.05) is 13.5 Å². The van der Waals surface area contributed by atoms with Gasteiger partial charge in [-0.15, -0.1) is 0 Å². The van der Waals surface area contributed by atoms with E-state index in [1.165, 1.54) is 23.6 Å². The third-order valence-corrected chi connectivity index (χ3v) is 4.27. The zero-order chi connectivity index (χ0) is 18.4. The van der Waals surface area contributed by atoms with Crippen LogP contribution in [0.15, 0.2) is 42.5 Å². The van der Waals surface area contributed by atoms with Crippen LogP contribution < -0.4 is 10.6 Å². The Morgan fingerprint density at radius 3 is 2.16 bits per heavy atom. The van der Waals surface area contributed by atoms with Gasteiger partial charge in [-0.25, -0.2) is 0 Å². The number of carbonyl (C=O) groups is 2. The minimum Gasteiger partial charge on any atom is -0.352 e. The summed E-state index contributed by atoms with van der Waals surface area (Å²) in [6.45, 7) is 8.16. The minimum atomic E-state index is -0.320. The molecule has 2 rings (SSSR count). The summed E-state index contributed by atoms with van der Waals surface area (Å²) in [5, 5.41) is 5.84. The Balaban J connectivity index is 2.03. The number of rotatable bonds is 6. The first-order valence-corrected chi connectivity index (χ1v) is 8.52. The summed E-state index contributed by atoms with van der Waals surface area (Å²) in [6.07, 6.45) is 0.216. The van der Waals surface area contributed by atoms with Crippen LogP contribution in [0.25, 0.3) is 0 Å². The van der Waals surface area contributed by atoms with Crippen LogP contribution in [0.5, 0.6) is 0 Å². The van der Waals surface area contributed by atoms with Gasteiger partial charge in [0.15, 0.2) is 0 Å². The van der Waals surface area contributed by atoms with E-state index >= 15 is 0 Å². The standard InChI is InChI=1S/C21H26N2O2/c1-14-10-15(2)19(16(3)11-14)13-22-21(25)12-20(23-17(4)24)18-8-6-5-7-9-18/h5-11,20H,12-13H2,1-4H3,(H,22,25)(H,23,24). The third kappa shape index (κ3) is 5.45. The number of hydrogen-bond donors (Lipinski definition) is 2. The molecule has 0 aromatic heterocycles. The van der Waals surface area contributed by atoms with E-state index in [0.717, 1.165) is 11.1 Å². The molecular weight excluding hydrogens is 312 g/mol. The number of amides is 2. The van der Waals surface area contributed by atoms with Gasteiger partial charge in [-0.3, -0.25) is 9.59 Å². The van der Waals surface area contributed by atoms with E-state index in [9.17, 15) is 9.59 Å². The lowest BCUT2D eigenvalue weighted by atomic mass is 9.99. The van der Waals surface area contributed by atoms with E-state index in [1.54, 1.807) is 0 Å². The van der Waals surface area contributed by atoms with Gasteiger partial charge in [0.05, 0.1) is 12.5 Å². The first-order chi connectivity index (χ1) is 11.9. The molecule has 2 aromatic carbocycles. The van der Waals surface area contributed by atoms with Crippen LogP contribution in [-0.4, -0.2) is 11.8 Å². The lowest BCUT2D eigenvalue weighted by molar-refractivity contribution is -0.122. The zero-order valence-electron chi connectivity index (χ0n) is 15.3. The largest absolute Gasteiger partial charge is 0.352 e. The maximum absolute atomic E-state index is 12.4. The highest BCUT2D eigenvalue weighted by molar-refractivity contribution is 5.79. The molecule has 0 spiro atoms. The Bertz CT molecular complexity index is 731. The molecule has 2 aromatic rings. The van der Waals surface area contributed by atoms with E-state index < -0.39 is 0 Å². The molecule has 1 unspecified atom stereocenters.